The van der Waals surface area contributed by atoms with E-state index in [1.807, 2.05) is 20.8 Å². The molecule has 0 aliphatic heterocycles. The smallest absolute Gasteiger partial charge is 0.422 e. The number of hydrogen-bond acceptors (Lipinski definition) is 4. The maximum absolute atomic E-state index is 12.4. The van der Waals surface area contributed by atoms with Gasteiger partial charge in [0.05, 0.1) is 13.1 Å². The molecule has 7 nitrogen and oxygen atoms in total. The number of nitrogens with one attached hydrogen (secondary N) is 1. The maximum Gasteiger partial charge on any atom is 0.422 e. The van der Waals surface area contributed by atoms with Crippen molar-refractivity contribution < 1.29 is 22.7 Å². The highest BCUT2D eigenvalue weighted by Crippen LogP contribution is 2.20. The van der Waals surface area contributed by atoms with Gasteiger partial charge in [-0.1, -0.05) is 6.07 Å². The van der Waals surface area contributed by atoms with Crippen LogP contribution in [0.25, 0.3) is 0 Å². The highest BCUT2D eigenvalue weighted by Gasteiger charge is 2.29. The van der Waals surface area contributed by atoms with Crippen molar-refractivity contribution in [2.45, 2.75) is 33.5 Å². The molecule has 158 valence electrons. The van der Waals surface area contributed by atoms with Crippen LogP contribution in [0.2, 0.25) is 0 Å². The van der Waals surface area contributed by atoms with E-state index in [1.165, 1.54) is 6.20 Å². The molecule has 0 bridgehead atoms. The number of likely N-dealkylation sites (N-methyl/N-ethyl adjacent to an activating group) is 2. The minimum atomic E-state index is -4.45. The second-order valence-electron chi connectivity index (χ2n) is 5.96. The van der Waals surface area contributed by atoms with E-state index < -0.39 is 12.8 Å². The maximum atomic E-state index is 12.4. The topological polar surface area (TPSA) is 70.1 Å². The Kier molecular flexibility index (Phi) is 9.54. The van der Waals surface area contributed by atoms with Gasteiger partial charge in [-0.05, 0) is 26.8 Å². The van der Waals surface area contributed by atoms with Gasteiger partial charge in [0.25, 0.3) is 0 Å². The molecular weight excluding hydrogens is 375 g/mol. The predicted octanol–water partition coefficient (Wildman–Crippen LogP) is 2.29. The lowest BCUT2D eigenvalue weighted by Crippen LogP contribution is -2.45. The summed E-state index contributed by atoms with van der Waals surface area (Å²) in [6, 6.07) is 3.21. The normalized spacial score (nSPS) is 11.9. The summed E-state index contributed by atoms with van der Waals surface area (Å²) < 4.78 is 42.0. The third-order valence-electron chi connectivity index (χ3n) is 3.81. The first-order valence-electron chi connectivity index (χ1n) is 9.12. The SMILES string of the molecule is CCNC(=NCc1cccnc1OCC(F)(F)F)N(C)CC(=O)N(CC)CC. The summed E-state index contributed by atoms with van der Waals surface area (Å²) in [7, 11) is 1.73. The number of nitrogens with zero attached hydrogens (tertiary/aromatic N) is 4. The predicted molar refractivity (Wildman–Crippen MR) is 101 cm³/mol. The summed E-state index contributed by atoms with van der Waals surface area (Å²) >= 11 is 0. The summed E-state index contributed by atoms with van der Waals surface area (Å²) in [6.45, 7) is 6.30. The van der Waals surface area contributed by atoms with Crippen LogP contribution < -0.4 is 10.1 Å². The average Bonchev–Trinajstić information content (AvgIpc) is 2.64. The summed E-state index contributed by atoms with van der Waals surface area (Å²) in [5.74, 6) is 0.323. The largest absolute Gasteiger partial charge is 0.468 e. The van der Waals surface area contributed by atoms with Gasteiger partial charge < -0.3 is 19.9 Å². The number of aliphatic imine (C=N–C) groups is 1. The van der Waals surface area contributed by atoms with Crippen molar-refractivity contribution in [1.82, 2.24) is 20.1 Å². The van der Waals surface area contributed by atoms with Gasteiger partial charge in [-0.2, -0.15) is 13.2 Å². The van der Waals surface area contributed by atoms with Gasteiger partial charge in [0.2, 0.25) is 11.8 Å². The van der Waals surface area contributed by atoms with E-state index in [1.54, 1.807) is 29.0 Å². The quantitative estimate of drug-likeness (QED) is 0.506. The lowest BCUT2D eigenvalue weighted by atomic mass is 10.3. The van der Waals surface area contributed by atoms with Gasteiger partial charge >= 0.3 is 6.18 Å². The highest BCUT2D eigenvalue weighted by atomic mass is 19.4. The van der Waals surface area contributed by atoms with E-state index in [9.17, 15) is 18.0 Å². The zero-order valence-electron chi connectivity index (χ0n) is 16.7. The first kappa shape index (κ1) is 23.5. The number of alkyl halides is 3. The minimum absolute atomic E-state index is 0.0336. The van der Waals surface area contributed by atoms with Crippen molar-refractivity contribution in [2.75, 3.05) is 39.8 Å². The number of carbonyl (C=O) groups excluding carboxylic acids is 1. The first-order chi connectivity index (χ1) is 13.2. The van der Waals surface area contributed by atoms with Crippen LogP contribution in [0.15, 0.2) is 23.3 Å². The lowest BCUT2D eigenvalue weighted by molar-refractivity contribution is -0.154. The van der Waals surface area contributed by atoms with Crippen molar-refractivity contribution in [2.24, 2.45) is 4.99 Å². The molecule has 0 spiro atoms. The fourth-order valence-electron chi connectivity index (χ4n) is 2.41. The fraction of sp³-hybridized carbons (Fsp3) is 0.611. The number of hydrogen-bond donors (Lipinski definition) is 1. The molecule has 0 radical (unpaired) electrons. The Morgan fingerprint density at radius 2 is 1.96 bits per heavy atom. The number of aromatic nitrogens is 1. The zero-order valence-corrected chi connectivity index (χ0v) is 16.7. The third kappa shape index (κ3) is 8.01. The van der Waals surface area contributed by atoms with Gasteiger partial charge in [0.1, 0.15) is 0 Å². The number of amides is 1. The second kappa shape index (κ2) is 11.4. The lowest BCUT2D eigenvalue weighted by Gasteiger charge is -2.25. The number of rotatable bonds is 9. The van der Waals surface area contributed by atoms with Crippen LogP contribution in [0.5, 0.6) is 5.88 Å². The van der Waals surface area contributed by atoms with Gasteiger partial charge in [0, 0.05) is 38.4 Å². The Balaban J connectivity index is 2.88. The molecule has 0 saturated carbocycles. The summed E-state index contributed by atoms with van der Waals surface area (Å²) in [4.78, 5) is 24.0. The van der Waals surface area contributed by atoms with E-state index in [4.69, 9.17) is 4.74 Å². The monoisotopic (exact) mass is 403 g/mol. The van der Waals surface area contributed by atoms with Gasteiger partial charge in [-0.3, -0.25) is 4.79 Å². The van der Waals surface area contributed by atoms with Crippen molar-refractivity contribution in [3.63, 3.8) is 0 Å². The van der Waals surface area contributed by atoms with E-state index in [0.29, 0.717) is 31.2 Å². The summed E-state index contributed by atoms with van der Waals surface area (Å²) in [5, 5.41) is 3.07. The highest BCUT2D eigenvalue weighted by molar-refractivity contribution is 5.86. The molecule has 0 fully saturated rings. The number of pyridine rings is 1. The Hall–Kier alpha value is -2.52. The molecular formula is C18H28F3N5O2. The van der Waals surface area contributed by atoms with Gasteiger partial charge in [-0.15, -0.1) is 0 Å². The number of guanidine groups is 1. The number of carbonyl (C=O) groups is 1. The molecule has 0 aliphatic rings. The number of halogens is 3. The van der Waals surface area contributed by atoms with Crippen LogP contribution in [-0.2, 0) is 11.3 Å². The van der Waals surface area contributed by atoms with Gasteiger partial charge in [-0.25, -0.2) is 9.98 Å². The van der Waals surface area contributed by atoms with Crippen molar-refractivity contribution in [3.05, 3.63) is 23.9 Å². The Morgan fingerprint density at radius 1 is 1.29 bits per heavy atom. The molecule has 0 aromatic carbocycles. The molecule has 1 N–H and O–H groups in total. The van der Waals surface area contributed by atoms with Crippen molar-refractivity contribution in [1.29, 1.82) is 0 Å². The summed E-state index contributed by atoms with van der Waals surface area (Å²) in [6.07, 6.45) is -3.09. The van der Waals surface area contributed by atoms with Crippen molar-refractivity contribution >= 4 is 11.9 Å². The third-order valence-corrected chi connectivity index (χ3v) is 3.81. The first-order valence-corrected chi connectivity index (χ1v) is 9.12. The Bertz CT molecular complexity index is 648. The average molecular weight is 403 g/mol. The fourth-order valence-corrected chi connectivity index (χ4v) is 2.41. The molecule has 0 aliphatic carbocycles. The molecule has 28 heavy (non-hydrogen) atoms. The van der Waals surface area contributed by atoms with E-state index in [-0.39, 0.29) is 24.9 Å². The van der Waals surface area contributed by atoms with Crippen LogP contribution in [0.1, 0.15) is 26.3 Å². The molecule has 0 saturated heterocycles. The molecule has 0 atom stereocenters. The van der Waals surface area contributed by atoms with Crippen LogP contribution >= 0.6 is 0 Å². The molecule has 1 rings (SSSR count). The molecule has 1 aromatic rings. The number of ether oxygens (including phenoxy) is 1. The summed E-state index contributed by atoms with van der Waals surface area (Å²) in [5.41, 5.74) is 0.422. The molecule has 0 unspecified atom stereocenters. The Morgan fingerprint density at radius 3 is 2.54 bits per heavy atom. The van der Waals surface area contributed by atoms with E-state index in [2.05, 4.69) is 15.3 Å². The Labute approximate surface area is 163 Å². The zero-order chi connectivity index (χ0) is 21.2. The minimum Gasteiger partial charge on any atom is -0.468 e. The molecule has 10 heteroatoms. The van der Waals surface area contributed by atoms with Crippen LogP contribution in [0, 0.1) is 0 Å². The molecule has 1 amide bonds. The standard InChI is InChI=1S/C18H28F3N5O2/c1-5-22-17(25(4)12-15(27)26(6-2)7-3)24-11-14-9-8-10-23-16(14)28-13-18(19,20)21/h8-10H,5-7,11-13H2,1-4H3,(H,22,24). The van der Waals surface area contributed by atoms with E-state index >= 15 is 0 Å². The van der Waals surface area contributed by atoms with Crippen LogP contribution in [-0.4, -0.2) is 72.7 Å². The van der Waals surface area contributed by atoms with E-state index in [0.717, 1.165) is 0 Å². The van der Waals surface area contributed by atoms with Crippen LogP contribution in [0.4, 0.5) is 13.2 Å². The second-order valence-corrected chi connectivity index (χ2v) is 5.96. The van der Waals surface area contributed by atoms with Gasteiger partial charge in [0.15, 0.2) is 12.6 Å². The molecule has 1 heterocycles. The van der Waals surface area contributed by atoms with Crippen LogP contribution in [0.3, 0.4) is 0 Å². The van der Waals surface area contributed by atoms with Crippen molar-refractivity contribution in [3.8, 4) is 5.88 Å². The molecule has 1 aromatic heterocycles.